The summed E-state index contributed by atoms with van der Waals surface area (Å²) in [7, 11) is -3.28. The average Bonchev–Trinajstić information content (AvgIpc) is 2.85. The van der Waals surface area contributed by atoms with E-state index in [1.54, 1.807) is 4.31 Å². The fourth-order valence-electron chi connectivity index (χ4n) is 3.45. The lowest BCUT2D eigenvalue weighted by Gasteiger charge is -2.42. The molecule has 5 nitrogen and oxygen atoms in total. The van der Waals surface area contributed by atoms with Crippen LogP contribution in [0.25, 0.3) is 0 Å². The highest BCUT2D eigenvalue weighted by Crippen LogP contribution is 2.37. The van der Waals surface area contributed by atoms with E-state index >= 15 is 0 Å². The largest absolute Gasteiger partial charge is 0.390 e. The number of hydrogen-bond acceptors (Lipinski definition) is 4. The molecule has 0 amide bonds. The van der Waals surface area contributed by atoms with Gasteiger partial charge in [0, 0.05) is 25.1 Å². The zero-order valence-electron chi connectivity index (χ0n) is 14.3. The zero-order chi connectivity index (χ0) is 16.6. The van der Waals surface area contributed by atoms with Gasteiger partial charge < -0.3 is 9.84 Å². The Morgan fingerprint density at radius 2 is 2.05 bits per heavy atom. The lowest BCUT2D eigenvalue weighted by atomic mass is 9.80. The van der Waals surface area contributed by atoms with Crippen molar-refractivity contribution >= 4 is 10.0 Å². The highest BCUT2D eigenvalue weighted by molar-refractivity contribution is 7.89. The Hall–Kier alpha value is -0.170. The summed E-state index contributed by atoms with van der Waals surface area (Å²) in [6.45, 7) is 9.56. The summed E-state index contributed by atoms with van der Waals surface area (Å²) >= 11 is 0. The number of aliphatic hydroxyl groups is 1. The molecule has 22 heavy (non-hydrogen) atoms. The molecule has 0 saturated carbocycles. The van der Waals surface area contributed by atoms with Crippen molar-refractivity contribution in [1.82, 2.24) is 4.31 Å². The summed E-state index contributed by atoms with van der Waals surface area (Å²) in [4.78, 5) is 0. The van der Waals surface area contributed by atoms with Gasteiger partial charge in [-0.3, -0.25) is 0 Å². The van der Waals surface area contributed by atoms with Crippen molar-refractivity contribution in [3.8, 4) is 0 Å². The monoisotopic (exact) mass is 333 g/mol. The first-order valence-corrected chi connectivity index (χ1v) is 9.93. The third kappa shape index (κ3) is 4.22. The van der Waals surface area contributed by atoms with Gasteiger partial charge in [-0.05, 0) is 38.0 Å². The minimum Gasteiger partial charge on any atom is -0.390 e. The molecule has 0 aromatic heterocycles. The summed E-state index contributed by atoms with van der Waals surface area (Å²) in [5.74, 6) is 0.0519. The highest BCUT2D eigenvalue weighted by Gasteiger charge is 2.47. The lowest BCUT2D eigenvalue weighted by molar-refractivity contribution is -0.116. The maximum absolute atomic E-state index is 12.7. The second-order valence-corrected chi connectivity index (χ2v) is 10.3. The Morgan fingerprint density at radius 3 is 2.64 bits per heavy atom. The van der Waals surface area contributed by atoms with Gasteiger partial charge in [0.2, 0.25) is 10.0 Å². The predicted octanol–water partition coefficient (Wildman–Crippen LogP) is 2.00. The van der Waals surface area contributed by atoms with Gasteiger partial charge in [-0.2, -0.15) is 4.31 Å². The number of ether oxygens (including phenoxy) is 1. The van der Waals surface area contributed by atoms with Crippen molar-refractivity contribution in [2.24, 2.45) is 11.3 Å². The molecule has 130 valence electrons. The molecule has 0 aromatic rings. The molecule has 6 heteroatoms. The van der Waals surface area contributed by atoms with Crippen LogP contribution in [0.2, 0.25) is 0 Å². The minimum atomic E-state index is -3.28. The van der Waals surface area contributed by atoms with Crippen LogP contribution in [-0.2, 0) is 14.8 Å². The molecular formula is C16H31NO4S. The van der Waals surface area contributed by atoms with Crippen LogP contribution in [0.1, 0.15) is 53.4 Å². The van der Waals surface area contributed by atoms with Crippen molar-refractivity contribution in [3.05, 3.63) is 0 Å². The van der Waals surface area contributed by atoms with Crippen molar-refractivity contribution in [3.63, 3.8) is 0 Å². The average molecular weight is 333 g/mol. The fourth-order valence-corrected chi connectivity index (χ4v) is 5.62. The van der Waals surface area contributed by atoms with E-state index in [-0.39, 0.29) is 23.1 Å². The number of sulfonamides is 1. The first-order chi connectivity index (χ1) is 10.0. The van der Waals surface area contributed by atoms with E-state index in [1.165, 1.54) is 0 Å². The highest BCUT2D eigenvalue weighted by atomic mass is 32.2. The molecule has 2 saturated heterocycles. The Kier molecular flexibility index (Phi) is 5.27. The van der Waals surface area contributed by atoms with Crippen LogP contribution >= 0.6 is 0 Å². The second kappa shape index (κ2) is 6.38. The SMILES string of the molecule is CC(C)(C)CCS(=O)(=O)N1CCC[C@@H]1[C@@H]1COCC[C@]1(C)O. The molecule has 0 radical (unpaired) electrons. The second-order valence-electron chi connectivity index (χ2n) is 8.24. The maximum atomic E-state index is 12.7. The van der Waals surface area contributed by atoms with Gasteiger partial charge in [-0.1, -0.05) is 20.8 Å². The van der Waals surface area contributed by atoms with Gasteiger partial charge in [0.05, 0.1) is 18.0 Å². The molecule has 1 N–H and O–H groups in total. The van der Waals surface area contributed by atoms with Crippen molar-refractivity contribution < 1.29 is 18.3 Å². The molecule has 2 aliphatic rings. The van der Waals surface area contributed by atoms with Crippen LogP contribution in [0.4, 0.5) is 0 Å². The lowest BCUT2D eigenvalue weighted by Crippen LogP contribution is -2.54. The van der Waals surface area contributed by atoms with Crippen molar-refractivity contribution in [2.45, 2.75) is 65.0 Å². The fraction of sp³-hybridized carbons (Fsp3) is 1.00. The molecule has 0 aliphatic carbocycles. The van der Waals surface area contributed by atoms with Crippen LogP contribution < -0.4 is 0 Å². The smallest absolute Gasteiger partial charge is 0.214 e. The molecule has 3 atom stereocenters. The zero-order valence-corrected chi connectivity index (χ0v) is 15.2. The molecule has 2 aliphatic heterocycles. The Bertz CT molecular complexity index is 481. The first-order valence-electron chi connectivity index (χ1n) is 8.33. The molecule has 2 heterocycles. The van der Waals surface area contributed by atoms with Gasteiger partial charge in [-0.25, -0.2) is 8.42 Å². The number of nitrogens with zero attached hydrogens (tertiary/aromatic N) is 1. The third-order valence-electron chi connectivity index (χ3n) is 5.03. The first kappa shape index (κ1) is 18.2. The molecule has 0 aromatic carbocycles. The molecule has 2 rings (SSSR count). The Morgan fingerprint density at radius 1 is 1.36 bits per heavy atom. The Labute approximate surface area is 135 Å². The predicted molar refractivity (Wildman–Crippen MR) is 87.1 cm³/mol. The Balaban J connectivity index is 2.12. The standard InChI is InChI=1S/C16H31NO4S/c1-15(2,3)8-11-22(19,20)17-9-5-6-14(17)13-12-21-10-7-16(13,4)18/h13-14,18H,5-12H2,1-4H3/t13-,14+,16-/m0/s1. The number of hydrogen-bond donors (Lipinski definition) is 1. The summed E-state index contributed by atoms with van der Waals surface area (Å²) < 4.78 is 32.7. The van der Waals surface area contributed by atoms with Crippen LogP contribution in [0.3, 0.4) is 0 Å². The topological polar surface area (TPSA) is 66.8 Å². The van der Waals surface area contributed by atoms with E-state index in [0.717, 1.165) is 12.8 Å². The maximum Gasteiger partial charge on any atom is 0.214 e. The van der Waals surface area contributed by atoms with Crippen LogP contribution in [0, 0.1) is 11.3 Å². The van der Waals surface area contributed by atoms with E-state index in [4.69, 9.17) is 4.74 Å². The van der Waals surface area contributed by atoms with Crippen LogP contribution in [-0.4, -0.2) is 55.0 Å². The van der Waals surface area contributed by atoms with E-state index in [0.29, 0.717) is 32.6 Å². The van der Waals surface area contributed by atoms with Gasteiger partial charge in [0.25, 0.3) is 0 Å². The van der Waals surface area contributed by atoms with Crippen LogP contribution in [0.5, 0.6) is 0 Å². The van der Waals surface area contributed by atoms with E-state index in [9.17, 15) is 13.5 Å². The van der Waals surface area contributed by atoms with Crippen molar-refractivity contribution in [1.29, 1.82) is 0 Å². The third-order valence-corrected chi connectivity index (χ3v) is 6.92. The summed E-state index contributed by atoms with van der Waals surface area (Å²) in [5.41, 5.74) is -0.840. The van der Waals surface area contributed by atoms with Gasteiger partial charge in [-0.15, -0.1) is 0 Å². The van der Waals surface area contributed by atoms with E-state index in [1.807, 2.05) is 6.92 Å². The molecule has 0 unspecified atom stereocenters. The van der Waals surface area contributed by atoms with Gasteiger partial charge in [0.15, 0.2) is 0 Å². The van der Waals surface area contributed by atoms with Crippen LogP contribution in [0.15, 0.2) is 0 Å². The molecule has 0 spiro atoms. The molecule has 2 fully saturated rings. The van der Waals surface area contributed by atoms with E-state index in [2.05, 4.69) is 20.8 Å². The van der Waals surface area contributed by atoms with Gasteiger partial charge >= 0.3 is 0 Å². The summed E-state index contributed by atoms with van der Waals surface area (Å²) in [6, 6.07) is -0.125. The summed E-state index contributed by atoms with van der Waals surface area (Å²) in [5, 5.41) is 10.6. The quantitative estimate of drug-likeness (QED) is 0.854. The van der Waals surface area contributed by atoms with Gasteiger partial charge in [0.1, 0.15) is 0 Å². The minimum absolute atomic E-state index is 0.00172. The van der Waals surface area contributed by atoms with Crippen molar-refractivity contribution in [2.75, 3.05) is 25.5 Å². The summed E-state index contributed by atoms with van der Waals surface area (Å²) in [6.07, 6.45) is 2.91. The molecular weight excluding hydrogens is 302 g/mol. The van der Waals surface area contributed by atoms with E-state index < -0.39 is 15.6 Å². The molecule has 0 bridgehead atoms. The normalized spacial score (nSPS) is 35.0. The number of rotatable bonds is 4.